The Labute approximate surface area is 134 Å². The largest absolute Gasteiger partial charge is 0.333 e. The minimum atomic E-state index is -0.00851. The Balaban J connectivity index is 1.56. The smallest absolute Gasteiger partial charge is 0.275 e. The molecule has 0 saturated heterocycles. The van der Waals surface area contributed by atoms with Crippen LogP contribution in [0.5, 0.6) is 0 Å². The number of hydrogen-bond acceptors (Lipinski definition) is 2. The molecular formula is C19H17N3O. The zero-order valence-corrected chi connectivity index (χ0v) is 12.7. The van der Waals surface area contributed by atoms with Gasteiger partial charge in [0.2, 0.25) is 0 Å². The van der Waals surface area contributed by atoms with Gasteiger partial charge in [-0.1, -0.05) is 54.6 Å². The summed E-state index contributed by atoms with van der Waals surface area (Å²) in [5.74, 6) is -0.00851. The lowest BCUT2D eigenvalue weighted by Gasteiger charge is -2.26. The fourth-order valence-electron chi connectivity index (χ4n) is 3.04. The number of carbonyl (C=O) groups excluding carboxylic acids is 1. The lowest BCUT2D eigenvalue weighted by Crippen LogP contribution is -2.35. The van der Waals surface area contributed by atoms with Crippen molar-refractivity contribution in [3.8, 4) is 0 Å². The van der Waals surface area contributed by atoms with E-state index >= 15 is 0 Å². The van der Waals surface area contributed by atoms with Crippen molar-refractivity contribution in [2.45, 2.75) is 6.42 Å². The molecule has 114 valence electrons. The molecule has 4 rings (SSSR count). The maximum atomic E-state index is 12.7. The van der Waals surface area contributed by atoms with Gasteiger partial charge in [-0.2, -0.15) is 5.10 Å². The average molecular weight is 303 g/mol. The molecule has 0 atom stereocenters. The van der Waals surface area contributed by atoms with Gasteiger partial charge in [0.15, 0.2) is 5.69 Å². The van der Waals surface area contributed by atoms with Gasteiger partial charge >= 0.3 is 0 Å². The highest BCUT2D eigenvalue weighted by Gasteiger charge is 2.22. The maximum Gasteiger partial charge on any atom is 0.275 e. The number of fused-ring (bicyclic) bond motifs is 1. The van der Waals surface area contributed by atoms with Gasteiger partial charge in [0.05, 0.1) is 5.52 Å². The van der Waals surface area contributed by atoms with Crippen LogP contribution in [0.2, 0.25) is 0 Å². The van der Waals surface area contributed by atoms with E-state index in [1.165, 1.54) is 11.1 Å². The van der Waals surface area contributed by atoms with E-state index in [9.17, 15) is 4.79 Å². The van der Waals surface area contributed by atoms with Crippen LogP contribution in [-0.2, 0) is 0 Å². The molecule has 3 aromatic rings. The summed E-state index contributed by atoms with van der Waals surface area (Å²) in [5.41, 5.74) is 3.96. The van der Waals surface area contributed by atoms with Crippen molar-refractivity contribution in [3.05, 3.63) is 71.9 Å². The van der Waals surface area contributed by atoms with Crippen molar-refractivity contribution in [3.63, 3.8) is 0 Å². The molecule has 1 aliphatic heterocycles. The Morgan fingerprint density at radius 1 is 1.04 bits per heavy atom. The third-order valence-electron chi connectivity index (χ3n) is 4.31. The maximum absolute atomic E-state index is 12.7. The Morgan fingerprint density at radius 2 is 1.83 bits per heavy atom. The lowest BCUT2D eigenvalue weighted by molar-refractivity contribution is 0.0769. The van der Waals surface area contributed by atoms with Crippen molar-refractivity contribution < 1.29 is 4.79 Å². The molecule has 0 radical (unpaired) electrons. The summed E-state index contributed by atoms with van der Waals surface area (Å²) >= 11 is 0. The van der Waals surface area contributed by atoms with Crippen LogP contribution in [-0.4, -0.2) is 34.1 Å². The Hall–Kier alpha value is -2.88. The highest BCUT2D eigenvalue weighted by Crippen LogP contribution is 2.24. The van der Waals surface area contributed by atoms with Crippen LogP contribution in [0.3, 0.4) is 0 Å². The quantitative estimate of drug-likeness (QED) is 0.788. The van der Waals surface area contributed by atoms with E-state index < -0.39 is 0 Å². The first-order valence-electron chi connectivity index (χ1n) is 7.80. The number of benzene rings is 2. The third-order valence-corrected chi connectivity index (χ3v) is 4.31. The van der Waals surface area contributed by atoms with E-state index in [-0.39, 0.29) is 5.91 Å². The Bertz CT molecular complexity index is 880. The number of rotatable bonds is 2. The number of para-hydroxylation sites is 1. The first kappa shape index (κ1) is 13.8. The monoisotopic (exact) mass is 303 g/mol. The van der Waals surface area contributed by atoms with E-state index in [0.29, 0.717) is 12.2 Å². The average Bonchev–Trinajstić information content (AvgIpc) is 3.06. The van der Waals surface area contributed by atoms with Crippen molar-refractivity contribution in [1.29, 1.82) is 0 Å². The van der Waals surface area contributed by atoms with Crippen LogP contribution in [0.15, 0.2) is 60.7 Å². The zero-order valence-electron chi connectivity index (χ0n) is 12.7. The fourth-order valence-corrected chi connectivity index (χ4v) is 3.04. The van der Waals surface area contributed by atoms with Crippen molar-refractivity contribution in [1.82, 2.24) is 15.1 Å². The molecular weight excluding hydrogens is 286 g/mol. The van der Waals surface area contributed by atoms with Gasteiger partial charge in [-0.25, -0.2) is 0 Å². The highest BCUT2D eigenvalue weighted by atomic mass is 16.2. The Morgan fingerprint density at radius 3 is 2.61 bits per heavy atom. The SMILES string of the molecule is O=C(c1n[nH]c2ccccc12)N1CC=C(c2ccccc2)CC1. The van der Waals surface area contributed by atoms with Gasteiger partial charge in [0.1, 0.15) is 0 Å². The molecule has 0 bridgehead atoms. The van der Waals surface area contributed by atoms with Crippen LogP contribution in [0.1, 0.15) is 22.5 Å². The second-order valence-corrected chi connectivity index (χ2v) is 5.71. The van der Waals surface area contributed by atoms with Crippen LogP contribution in [0.4, 0.5) is 0 Å². The number of hydrogen-bond donors (Lipinski definition) is 1. The van der Waals surface area contributed by atoms with E-state index in [1.807, 2.05) is 47.4 Å². The summed E-state index contributed by atoms with van der Waals surface area (Å²) in [6, 6.07) is 18.1. The highest BCUT2D eigenvalue weighted by molar-refractivity contribution is 6.04. The Kier molecular flexibility index (Phi) is 3.42. The van der Waals surface area contributed by atoms with Crippen molar-refractivity contribution in [2.24, 2.45) is 0 Å². The minimum absolute atomic E-state index is 0.00851. The first-order valence-corrected chi connectivity index (χ1v) is 7.80. The number of nitrogens with one attached hydrogen (secondary N) is 1. The summed E-state index contributed by atoms with van der Waals surface area (Å²) < 4.78 is 0. The van der Waals surface area contributed by atoms with Gasteiger partial charge in [-0.05, 0) is 23.6 Å². The van der Waals surface area contributed by atoms with Crippen molar-refractivity contribution >= 4 is 22.4 Å². The number of H-pyrrole nitrogens is 1. The zero-order chi connectivity index (χ0) is 15.6. The molecule has 4 heteroatoms. The third kappa shape index (κ3) is 2.52. The second kappa shape index (κ2) is 5.72. The normalized spacial score (nSPS) is 14.8. The molecule has 0 fully saturated rings. The number of carbonyl (C=O) groups is 1. The molecule has 1 aliphatic rings. The molecule has 23 heavy (non-hydrogen) atoms. The van der Waals surface area contributed by atoms with Crippen molar-refractivity contribution in [2.75, 3.05) is 13.1 Å². The fraction of sp³-hybridized carbons (Fsp3) is 0.158. The summed E-state index contributed by atoms with van der Waals surface area (Å²) in [6.07, 6.45) is 3.02. The van der Waals surface area contributed by atoms with Crippen LogP contribution in [0.25, 0.3) is 16.5 Å². The summed E-state index contributed by atoms with van der Waals surface area (Å²) in [7, 11) is 0. The first-order chi connectivity index (χ1) is 11.3. The molecule has 1 N–H and O–H groups in total. The predicted molar refractivity (Wildman–Crippen MR) is 91.0 cm³/mol. The molecule has 1 aromatic heterocycles. The van der Waals surface area contributed by atoms with Gasteiger partial charge in [-0.15, -0.1) is 0 Å². The van der Waals surface area contributed by atoms with Crippen LogP contribution < -0.4 is 0 Å². The second-order valence-electron chi connectivity index (χ2n) is 5.71. The molecule has 0 aliphatic carbocycles. The molecule has 4 nitrogen and oxygen atoms in total. The molecule has 2 heterocycles. The predicted octanol–water partition coefficient (Wildman–Crippen LogP) is 3.49. The van der Waals surface area contributed by atoms with E-state index in [1.54, 1.807) is 0 Å². The number of aromatic amines is 1. The van der Waals surface area contributed by atoms with E-state index in [0.717, 1.165) is 23.9 Å². The summed E-state index contributed by atoms with van der Waals surface area (Å²) in [4.78, 5) is 14.6. The summed E-state index contributed by atoms with van der Waals surface area (Å²) in [6.45, 7) is 1.35. The van der Waals surface area contributed by atoms with Gasteiger partial charge in [0, 0.05) is 18.5 Å². The van der Waals surface area contributed by atoms with Gasteiger partial charge in [0.25, 0.3) is 5.91 Å². The number of nitrogens with zero attached hydrogens (tertiary/aromatic N) is 2. The lowest BCUT2D eigenvalue weighted by atomic mass is 9.99. The number of amides is 1. The molecule has 1 amide bonds. The summed E-state index contributed by atoms with van der Waals surface area (Å²) in [5, 5.41) is 8.03. The van der Waals surface area contributed by atoms with E-state index in [2.05, 4.69) is 28.4 Å². The molecule has 0 unspecified atom stereocenters. The van der Waals surface area contributed by atoms with E-state index in [4.69, 9.17) is 0 Å². The topological polar surface area (TPSA) is 49.0 Å². The standard InChI is InChI=1S/C19H17N3O/c23-19(18-16-8-4-5-9-17(16)20-21-18)22-12-10-15(11-13-22)14-6-2-1-3-7-14/h1-10H,11-13H2,(H,20,21). The molecule has 2 aromatic carbocycles. The van der Waals surface area contributed by atoms with Gasteiger partial charge < -0.3 is 4.90 Å². The van der Waals surface area contributed by atoms with Gasteiger partial charge in [-0.3, -0.25) is 9.89 Å². The molecule has 0 saturated carbocycles. The number of aromatic nitrogens is 2. The van der Waals surface area contributed by atoms with Crippen LogP contribution >= 0.6 is 0 Å². The van der Waals surface area contributed by atoms with Crippen LogP contribution in [0, 0.1) is 0 Å². The molecule has 0 spiro atoms. The minimum Gasteiger partial charge on any atom is -0.333 e.